The lowest BCUT2D eigenvalue weighted by atomic mass is 10.3. The molecule has 64 valence electrons. The Labute approximate surface area is 71.0 Å². The standard InChI is InChI=1S/C9H11FN2/c10-8-2-4-9(5-3-8)12-7-1-6-11-12/h2-5,11H,1,6-7H2. The average Bonchev–Trinajstić information content (AvgIpc) is 2.58. The first-order valence-electron chi connectivity index (χ1n) is 4.13. The zero-order valence-electron chi connectivity index (χ0n) is 6.76. The Kier molecular flexibility index (Phi) is 1.96. The number of rotatable bonds is 1. The summed E-state index contributed by atoms with van der Waals surface area (Å²) in [5.74, 6) is -0.182. The van der Waals surface area contributed by atoms with Gasteiger partial charge in [-0.3, -0.25) is 0 Å². The topological polar surface area (TPSA) is 15.3 Å². The van der Waals surface area contributed by atoms with Crippen molar-refractivity contribution in [3.8, 4) is 0 Å². The van der Waals surface area contributed by atoms with Crippen LogP contribution >= 0.6 is 0 Å². The fourth-order valence-electron chi connectivity index (χ4n) is 1.37. The smallest absolute Gasteiger partial charge is 0.123 e. The number of anilines is 1. The molecule has 1 N–H and O–H groups in total. The van der Waals surface area contributed by atoms with E-state index >= 15 is 0 Å². The molecule has 2 rings (SSSR count). The number of hydrazine groups is 1. The third-order valence-electron chi connectivity index (χ3n) is 2.00. The third kappa shape index (κ3) is 1.41. The number of nitrogens with one attached hydrogen (secondary N) is 1. The second-order valence-electron chi connectivity index (χ2n) is 2.89. The molecule has 2 nitrogen and oxygen atoms in total. The lowest BCUT2D eigenvalue weighted by molar-refractivity contribution is 0.627. The van der Waals surface area contributed by atoms with Crippen molar-refractivity contribution in [2.45, 2.75) is 6.42 Å². The van der Waals surface area contributed by atoms with Crippen LogP contribution < -0.4 is 10.4 Å². The Hall–Kier alpha value is -1.09. The van der Waals surface area contributed by atoms with E-state index in [4.69, 9.17) is 0 Å². The van der Waals surface area contributed by atoms with E-state index in [1.807, 2.05) is 5.01 Å². The van der Waals surface area contributed by atoms with E-state index in [0.717, 1.165) is 25.2 Å². The van der Waals surface area contributed by atoms with E-state index in [9.17, 15) is 4.39 Å². The fourth-order valence-corrected chi connectivity index (χ4v) is 1.37. The van der Waals surface area contributed by atoms with Gasteiger partial charge in [-0.05, 0) is 30.7 Å². The summed E-state index contributed by atoms with van der Waals surface area (Å²) in [5.41, 5.74) is 4.24. The van der Waals surface area contributed by atoms with Crippen LogP contribution in [-0.4, -0.2) is 13.1 Å². The number of nitrogens with zero attached hydrogens (tertiary/aromatic N) is 1. The van der Waals surface area contributed by atoms with Crippen LogP contribution in [0.25, 0.3) is 0 Å². The van der Waals surface area contributed by atoms with Gasteiger partial charge in [0.1, 0.15) is 5.82 Å². The molecule has 0 spiro atoms. The summed E-state index contributed by atoms with van der Waals surface area (Å²) in [5, 5.41) is 2.04. The molecule has 0 unspecified atom stereocenters. The lowest BCUT2D eigenvalue weighted by Crippen LogP contribution is -2.30. The van der Waals surface area contributed by atoms with Gasteiger partial charge < -0.3 is 5.01 Å². The molecule has 3 heteroatoms. The minimum Gasteiger partial charge on any atom is -0.308 e. The molecule has 1 aromatic carbocycles. The zero-order valence-corrected chi connectivity index (χ0v) is 6.76. The van der Waals surface area contributed by atoms with Crippen LogP contribution in [0.5, 0.6) is 0 Å². The second-order valence-corrected chi connectivity index (χ2v) is 2.89. The maximum Gasteiger partial charge on any atom is 0.123 e. The highest BCUT2D eigenvalue weighted by molar-refractivity contribution is 5.45. The van der Waals surface area contributed by atoms with Crippen LogP contribution in [-0.2, 0) is 0 Å². The number of hydrogen-bond donors (Lipinski definition) is 1. The van der Waals surface area contributed by atoms with Crippen molar-refractivity contribution in [3.05, 3.63) is 30.1 Å². The molecule has 1 fully saturated rings. The largest absolute Gasteiger partial charge is 0.308 e. The molecule has 12 heavy (non-hydrogen) atoms. The Bertz CT molecular complexity index is 252. The molecular formula is C9H11FN2. The predicted octanol–water partition coefficient (Wildman–Crippen LogP) is 1.54. The SMILES string of the molecule is Fc1ccc(N2CCCN2)cc1. The van der Waals surface area contributed by atoms with E-state index in [1.165, 1.54) is 12.1 Å². The predicted molar refractivity (Wildman–Crippen MR) is 46.4 cm³/mol. The van der Waals surface area contributed by atoms with Crippen LogP contribution in [0.4, 0.5) is 10.1 Å². The molecule has 1 aromatic rings. The molecule has 1 heterocycles. The van der Waals surface area contributed by atoms with Crippen molar-refractivity contribution in [2.75, 3.05) is 18.1 Å². The monoisotopic (exact) mass is 166 g/mol. The van der Waals surface area contributed by atoms with Crippen LogP contribution in [0.1, 0.15) is 6.42 Å². The summed E-state index contributed by atoms with van der Waals surface area (Å²) >= 11 is 0. The summed E-state index contributed by atoms with van der Waals surface area (Å²) in [4.78, 5) is 0. The molecule has 1 saturated heterocycles. The highest BCUT2D eigenvalue weighted by Gasteiger charge is 2.10. The molecule has 1 aliphatic heterocycles. The van der Waals surface area contributed by atoms with Crippen molar-refractivity contribution in [1.82, 2.24) is 5.43 Å². The number of benzene rings is 1. The van der Waals surface area contributed by atoms with E-state index < -0.39 is 0 Å². The minimum absolute atomic E-state index is 0.182. The van der Waals surface area contributed by atoms with E-state index in [0.29, 0.717) is 0 Å². The van der Waals surface area contributed by atoms with Gasteiger partial charge in [0, 0.05) is 13.1 Å². The minimum atomic E-state index is -0.182. The summed E-state index contributed by atoms with van der Waals surface area (Å²) in [6.07, 6.45) is 1.15. The van der Waals surface area contributed by atoms with Gasteiger partial charge in [-0.15, -0.1) is 0 Å². The molecule has 0 radical (unpaired) electrons. The van der Waals surface area contributed by atoms with Gasteiger partial charge in [0.25, 0.3) is 0 Å². The van der Waals surface area contributed by atoms with Crippen molar-refractivity contribution in [3.63, 3.8) is 0 Å². The van der Waals surface area contributed by atoms with Crippen molar-refractivity contribution >= 4 is 5.69 Å². The van der Waals surface area contributed by atoms with E-state index in [-0.39, 0.29) is 5.82 Å². The van der Waals surface area contributed by atoms with Gasteiger partial charge in [-0.25, -0.2) is 9.82 Å². The van der Waals surface area contributed by atoms with Gasteiger partial charge in [0.15, 0.2) is 0 Å². The van der Waals surface area contributed by atoms with Crippen LogP contribution in [0, 0.1) is 5.82 Å². The average molecular weight is 166 g/mol. The first kappa shape index (κ1) is 7.55. The van der Waals surface area contributed by atoms with Gasteiger partial charge in [-0.2, -0.15) is 0 Å². The van der Waals surface area contributed by atoms with Crippen molar-refractivity contribution in [1.29, 1.82) is 0 Å². The normalized spacial score (nSPS) is 16.9. The van der Waals surface area contributed by atoms with Gasteiger partial charge in [0.05, 0.1) is 5.69 Å². The fraction of sp³-hybridized carbons (Fsp3) is 0.333. The molecule has 0 aliphatic carbocycles. The quantitative estimate of drug-likeness (QED) is 0.680. The summed E-state index contributed by atoms with van der Waals surface area (Å²) < 4.78 is 12.5. The Morgan fingerprint density at radius 2 is 2.00 bits per heavy atom. The molecule has 0 atom stereocenters. The molecular weight excluding hydrogens is 155 g/mol. The van der Waals surface area contributed by atoms with Crippen molar-refractivity contribution < 1.29 is 4.39 Å². The summed E-state index contributed by atoms with van der Waals surface area (Å²) in [6.45, 7) is 2.02. The second kappa shape index (κ2) is 3.11. The summed E-state index contributed by atoms with van der Waals surface area (Å²) in [7, 11) is 0. The molecule has 1 aliphatic rings. The first-order valence-corrected chi connectivity index (χ1v) is 4.13. The van der Waals surface area contributed by atoms with E-state index in [2.05, 4.69) is 5.43 Å². The molecule has 0 bridgehead atoms. The zero-order chi connectivity index (χ0) is 8.39. The van der Waals surface area contributed by atoms with Crippen molar-refractivity contribution in [2.24, 2.45) is 0 Å². The Morgan fingerprint density at radius 1 is 1.25 bits per heavy atom. The molecule has 0 saturated carbocycles. The lowest BCUT2D eigenvalue weighted by Gasteiger charge is -2.17. The third-order valence-corrected chi connectivity index (χ3v) is 2.00. The maximum atomic E-state index is 12.5. The van der Waals surface area contributed by atoms with Crippen LogP contribution in [0.2, 0.25) is 0 Å². The Morgan fingerprint density at radius 3 is 2.58 bits per heavy atom. The maximum absolute atomic E-state index is 12.5. The molecule has 0 aromatic heterocycles. The number of halogens is 1. The summed E-state index contributed by atoms with van der Waals surface area (Å²) in [6, 6.07) is 6.53. The Balaban J connectivity index is 2.17. The molecule has 0 amide bonds. The first-order chi connectivity index (χ1) is 5.86. The van der Waals surface area contributed by atoms with Gasteiger partial charge >= 0.3 is 0 Å². The van der Waals surface area contributed by atoms with Gasteiger partial charge in [-0.1, -0.05) is 0 Å². The van der Waals surface area contributed by atoms with Gasteiger partial charge in [0.2, 0.25) is 0 Å². The number of hydrogen-bond acceptors (Lipinski definition) is 2. The van der Waals surface area contributed by atoms with Crippen LogP contribution in [0.3, 0.4) is 0 Å². The van der Waals surface area contributed by atoms with E-state index in [1.54, 1.807) is 12.1 Å². The highest BCUT2D eigenvalue weighted by atomic mass is 19.1. The highest BCUT2D eigenvalue weighted by Crippen LogP contribution is 2.15. The van der Waals surface area contributed by atoms with Crippen LogP contribution in [0.15, 0.2) is 24.3 Å².